The fourth-order valence-electron chi connectivity index (χ4n) is 1.92. The lowest BCUT2D eigenvalue weighted by atomic mass is 10.3. The van der Waals surface area contributed by atoms with Gasteiger partial charge in [0, 0.05) is 38.9 Å². The van der Waals surface area contributed by atoms with E-state index in [1.165, 1.54) is 6.92 Å². The Morgan fingerprint density at radius 1 is 1.39 bits per heavy atom. The summed E-state index contributed by atoms with van der Waals surface area (Å²) in [5.74, 6) is 1.29. The summed E-state index contributed by atoms with van der Waals surface area (Å²) >= 11 is 0. The maximum absolute atomic E-state index is 11.0. The molecule has 7 heteroatoms. The van der Waals surface area contributed by atoms with Crippen molar-refractivity contribution >= 4 is 17.6 Å². The van der Waals surface area contributed by atoms with Gasteiger partial charge in [0.05, 0.1) is 13.2 Å². The van der Waals surface area contributed by atoms with Crippen molar-refractivity contribution in [3.05, 3.63) is 24.3 Å². The number of rotatable bonds is 8. The maximum atomic E-state index is 11.0. The number of aliphatic imine (C=N–C) groups is 1. The summed E-state index contributed by atoms with van der Waals surface area (Å²) in [7, 11) is 3.38. The first kappa shape index (κ1) is 18.8. The van der Waals surface area contributed by atoms with Crippen molar-refractivity contribution in [3.63, 3.8) is 0 Å². The van der Waals surface area contributed by atoms with Crippen LogP contribution in [0.5, 0.6) is 5.75 Å². The molecule has 1 unspecified atom stereocenters. The molecule has 0 saturated carbocycles. The molecule has 0 aliphatic carbocycles. The first-order valence-electron chi connectivity index (χ1n) is 7.51. The van der Waals surface area contributed by atoms with E-state index >= 15 is 0 Å². The van der Waals surface area contributed by atoms with E-state index in [1.54, 1.807) is 20.2 Å². The number of nitrogens with one attached hydrogen (secondary N) is 3. The maximum Gasteiger partial charge on any atom is 0.221 e. The Kier molecular flexibility index (Phi) is 8.52. The van der Waals surface area contributed by atoms with Gasteiger partial charge in [-0.3, -0.25) is 9.79 Å². The van der Waals surface area contributed by atoms with Crippen LogP contribution in [-0.4, -0.2) is 51.8 Å². The zero-order valence-electron chi connectivity index (χ0n) is 14.2. The van der Waals surface area contributed by atoms with Crippen LogP contribution in [0.25, 0.3) is 0 Å². The molecule has 0 radical (unpaired) electrons. The van der Waals surface area contributed by atoms with Gasteiger partial charge in [0.25, 0.3) is 0 Å². The van der Waals surface area contributed by atoms with Gasteiger partial charge in [-0.25, -0.2) is 0 Å². The topological polar surface area (TPSA) is 84.0 Å². The lowest BCUT2D eigenvalue weighted by molar-refractivity contribution is -0.114. The van der Waals surface area contributed by atoms with Gasteiger partial charge in [-0.05, 0) is 19.1 Å². The van der Waals surface area contributed by atoms with Crippen molar-refractivity contribution in [2.75, 3.05) is 39.2 Å². The first-order chi connectivity index (χ1) is 11.0. The molecule has 0 aliphatic heterocycles. The molecule has 0 aromatic heterocycles. The minimum atomic E-state index is -0.108. The van der Waals surface area contributed by atoms with Crippen LogP contribution in [0.4, 0.5) is 5.69 Å². The molecule has 1 amide bonds. The van der Waals surface area contributed by atoms with E-state index in [9.17, 15) is 4.79 Å². The molecule has 0 bridgehead atoms. The van der Waals surface area contributed by atoms with Crippen LogP contribution in [0.2, 0.25) is 0 Å². The van der Waals surface area contributed by atoms with E-state index in [0.717, 1.165) is 0 Å². The highest BCUT2D eigenvalue weighted by molar-refractivity contribution is 5.88. The molecule has 1 aromatic carbocycles. The fourth-order valence-corrected chi connectivity index (χ4v) is 1.92. The molecule has 3 N–H and O–H groups in total. The molecule has 128 valence electrons. The first-order valence-corrected chi connectivity index (χ1v) is 7.51. The number of guanidine groups is 1. The van der Waals surface area contributed by atoms with E-state index in [1.807, 2.05) is 25.1 Å². The fraction of sp³-hybridized carbons (Fsp3) is 0.500. The average molecular weight is 322 g/mol. The Morgan fingerprint density at radius 3 is 2.83 bits per heavy atom. The second kappa shape index (κ2) is 10.4. The van der Waals surface area contributed by atoms with Crippen molar-refractivity contribution in [3.8, 4) is 5.75 Å². The quantitative estimate of drug-likeness (QED) is 0.381. The third-order valence-electron chi connectivity index (χ3n) is 2.84. The number of carbonyl (C=O) groups is 1. The largest absolute Gasteiger partial charge is 0.492 e. The zero-order chi connectivity index (χ0) is 17.1. The van der Waals surface area contributed by atoms with Crippen LogP contribution in [-0.2, 0) is 9.53 Å². The van der Waals surface area contributed by atoms with Crippen LogP contribution < -0.4 is 20.7 Å². The lowest BCUT2D eigenvalue weighted by Crippen LogP contribution is -2.45. The van der Waals surface area contributed by atoms with Gasteiger partial charge in [-0.2, -0.15) is 0 Å². The third-order valence-corrected chi connectivity index (χ3v) is 2.84. The Bertz CT molecular complexity index is 520. The Hall–Kier alpha value is -2.28. The highest BCUT2D eigenvalue weighted by atomic mass is 16.5. The Labute approximate surface area is 137 Å². The number of hydrogen-bond acceptors (Lipinski definition) is 4. The highest BCUT2D eigenvalue weighted by Crippen LogP contribution is 2.16. The molecular formula is C16H26N4O3. The molecule has 0 fully saturated rings. The summed E-state index contributed by atoms with van der Waals surface area (Å²) in [4.78, 5) is 15.2. The summed E-state index contributed by atoms with van der Waals surface area (Å²) < 4.78 is 10.7. The summed E-state index contributed by atoms with van der Waals surface area (Å²) in [6.45, 7) is 5.17. The van der Waals surface area contributed by atoms with E-state index in [4.69, 9.17) is 9.47 Å². The van der Waals surface area contributed by atoms with E-state index in [-0.39, 0.29) is 11.9 Å². The second-order valence-electron chi connectivity index (χ2n) is 5.06. The van der Waals surface area contributed by atoms with Crippen LogP contribution >= 0.6 is 0 Å². The number of hydrogen-bond donors (Lipinski definition) is 3. The van der Waals surface area contributed by atoms with Gasteiger partial charge in [0.2, 0.25) is 5.91 Å². The summed E-state index contributed by atoms with van der Waals surface area (Å²) in [6.07, 6.45) is 0. The average Bonchev–Trinajstić information content (AvgIpc) is 2.50. The van der Waals surface area contributed by atoms with Crippen LogP contribution in [0.15, 0.2) is 29.3 Å². The molecule has 0 saturated heterocycles. The summed E-state index contributed by atoms with van der Waals surface area (Å²) in [5.41, 5.74) is 0.717. The predicted octanol–water partition coefficient (Wildman–Crippen LogP) is 1.22. The predicted molar refractivity (Wildman–Crippen MR) is 92.1 cm³/mol. The molecule has 0 heterocycles. The lowest BCUT2D eigenvalue weighted by Gasteiger charge is -2.17. The molecular weight excluding hydrogens is 296 g/mol. The number of anilines is 1. The molecule has 1 aromatic rings. The van der Waals surface area contributed by atoms with Crippen molar-refractivity contribution in [1.29, 1.82) is 0 Å². The summed E-state index contributed by atoms with van der Waals surface area (Å²) in [6, 6.07) is 7.45. The molecule has 7 nitrogen and oxygen atoms in total. The number of benzene rings is 1. The summed E-state index contributed by atoms with van der Waals surface area (Å²) in [5, 5.41) is 9.09. The Morgan fingerprint density at radius 2 is 2.17 bits per heavy atom. The van der Waals surface area contributed by atoms with Crippen molar-refractivity contribution in [1.82, 2.24) is 10.6 Å². The molecule has 1 rings (SSSR count). The standard InChI is InChI=1S/C16H26N4O3/c1-12(11-22-4)19-16(17-3)18-8-9-23-15-7-5-6-14(10-15)20-13(2)21/h5-7,10,12H,8-9,11H2,1-4H3,(H,20,21)(H2,17,18,19). The van der Waals surface area contributed by atoms with Gasteiger partial charge in [-0.15, -0.1) is 0 Å². The van der Waals surface area contributed by atoms with Crippen LogP contribution in [0, 0.1) is 0 Å². The van der Waals surface area contributed by atoms with E-state index < -0.39 is 0 Å². The van der Waals surface area contributed by atoms with E-state index in [2.05, 4.69) is 20.9 Å². The third kappa shape index (κ3) is 8.06. The van der Waals surface area contributed by atoms with Crippen LogP contribution in [0.3, 0.4) is 0 Å². The van der Waals surface area contributed by atoms with Gasteiger partial charge in [-0.1, -0.05) is 6.07 Å². The molecule has 0 aliphatic rings. The number of amides is 1. The smallest absolute Gasteiger partial charge is 0.221 e. The number of methoxy groups -OCH3 is 1. The van der Waals surface area contributed by atoms with E-state index in [0.29, 0.717) is 37.2 Å². The normalized spacial score (nSPS) is 12.4. The molecule has 0 spiro atoms. The second-order valence-corrected chi connectivity index (χ2v) is 5.06. The van der Waals surface area contributed by atoms with Crippen LogP contribution in [0.1, 0.15) is 13.8 Å². The van der Waals surface area contributed by atoms with Gasteiger partial charge in [0.1, 0.15) is 12.4 Å². The molecule has 23 heavy (non-hydrogen) atoms. The number of ether oxygens (including phenoxy) is 2. The minimum Gasteiger partial charge on any atom is -0.492 e. The Balaban J connectivity index is 2.34. The number of nitrogens with zero attached hydrogens (tertiary/aromatic N) is 1. The van der Waals surface area contributed by atoms with Gasteiger partial charge < -0.3 is 25.4 Å². The number of carbonyl (C=O) groups excluding carboxylic acids is 1. The van der Waals surface area contributed by atoms with Crippen molar-refractivity contribution in [2.45, 2.75) is 19.9 Å². The monoisotopic (exact) mass is 322 g/mol. The minimum absolute atomic E-state index is 0.108. The van der Waals surface area contributed by atoms with Gasteiger partial charge in [0.15, 0.2) is 5.96 Å². The SMILES string of the molecule is CN=C(NCCOc1cccc(NC(C)=O)c1)NC(C)COC. The molecule has 1 atom stereocenters. The highest BCUT2D eigenvalue weighted by Gasteiger charge is 2.04. The van der Waals surface area contributed by atoms with Crippen molar-refractivity contribution < 1.29 is 14.3 Å². The zero-order valence-corrected chi connectivity index (χ0v) is 14.2. The van der Waals surface area contributed by atoms with Gasteiger partial charge >= 0.3 is 0 Å². The van der Waals surface area contributed by atoms with Crippen molar-refractivity contribution in [2.24, 2.45) is 4.99 Å².